The first-order chi connectivity index (χ1) is 9.02. The van der Waals surface area contributed by atoms with Crippen LogP contribution in [0.3, 0.4) is 0 Å². The van der Waals surface area contributed by atoms with Crippen LogP contribution >= 0.6 is 0 Å². The normalized spacial score (nSPS) is 11.3. The molecule has 0 aliphatic rings. The summed E-state index contributed by atoms with van der Waals surface area (Å²) in [5.74, 6) is 0.520. The Hall–Kier alpha value is -0.650. The topological polar surface area (TPSA) is 56.8 Å². The van der Waals surface area contributed by atoms with E-state index in [-0.39, 0.29) is 12.0 Å². The molecule has 0 saturated carbocycles. The molecule has 0 fully saturated rings. The van der Waals surface area contributed by atoms with Crippen molar-refractivity contribution in [2.45, 2.75) is 40.2 Å². The van der Waals surface area contributed by atoms with Gasteiger partial charge in [0.1, 0.15) is 0 Å². The van der Waals surface area contributed by atoms with E-state index in [1.165, 1.54) is 0 Å². The van der Waals surface area contributed by atoms with Crippen molar-refractivity contribution < 1.29 is 19.0 Å². The predicted octanol–water partition coefficient (Wildman–Crippen LogP) is 1.61. The number of hydrogen-bond donors (Lipinski definition) is 1. The lowest BCUT2D eigenvalue weighted by molar-refractivity contribution is -0.122. The predicted molar refractivity (Wildman–Crippen MR) is 75.2 cm³/mol. The van der Waals surface area contributed by atoms with Crippen molar-refractivity contribution in [3.05, 3.63) is 0 Å². The first-order valence-electron chi connectivity index (χ1n) is 7.06. The third-order valence-corrected chi connectivity index (χ3v) is 2.23. The van der Waals surface area contributed by atoms with Gasteiger partial charge in [0, 0.05) is 13.0 Å². The largest absolute Gasteiger partial charge is 0.379 e. The maximum atomic E-state index is 11.3. The van der Waals surface area contributed by atoms with Crippen molar-refractivity contribution in [3.63, 3.8) is 0 Å². The number of carbonyl (C=O) groups is 1. The second kappa shape index (κ2) is 12.4. The van der Waals surface area contributed by atoms with E-state index in [0.717, 1.165) is 6.54 Å². The van der Waals surface area contributed by atoms with E-state index in [4.69, 9.17) is 14.2 Å². The van der Waals surface area contributed by atoms with Gasteiger partial charge in [0.15, 0.2) is 0 Å². The van der Waals surface area contributed by atoms with Crippen LogP contribution in [-0.4, -0.2) is 51.6 Å². The zero-order valence-electron chi connectivity index (χ0n) is 12.7. The maximum absolute atomic E-state index is 11.3. The third-order valence-electron chi connectivity index (χ3n) is 2.23. The molecule has 0 radical (unpaired) electrons. The van der Waals surface area contributed by atoms with Gasteiger partial charge in [0.2, 0.25) is 5.91 Å². The molecule has 5 heteroatoms. The molecule has 0 spiro atoms. The van der Waals surface area contributed by atoms with Crippen LogP contribution in [-0.2, 0) is 19.0 Å². The minimum Gasteiger partial charge on any atom is -0.379 e. The van der Waals surface area contributed by atoms with Gasteiger partial charge in [-0.15, -0.1) is 0 Å². The summed E-state index contributed by atoms with van der Waals surface area (Å²) in [4.78, 5) is 11.3. The summed E-state index contributed by atoms with van der Waals surface area (Å²) in [7, 11) is 0. The van der Waals surface area contributed by atoms with Gasteiger partial charge < -0.3 is 19.5 Å². The molecule has 1 amide bonds. The van der Waals surface area contributed by atoms with Gasteiger partial charge in [-0.2, -0.15) is 0 Å². The van der Waals surface area contributed by atoms with E-state index >= 15 is 0 Å². The fourth-order valence-electron chi connectivity index (χ4n) is 1.24. The zero-order valence-corrected chi connectivity index (χ0v) is 12.7. The Morgan fingerprint density at radius 1 is 0.947 bits per heavy atom. The smallest absolute Gasteiger partial charge is 0.222 e. The molecule has 0 aliphatic carbocycles. The molecule has 0 aromatic carbocycles. The SMILES string of the molecule is CC(C)CNC(=O)CCOCCOCCOC(C)C. The first-order valence-corrected chi connectivity index (χ1v) is 7.06. The van der Waals surface area contributed by atoms with Crippen LogP contribution in [0, 0.1) is 5.92 Å². The Morgan fingerprint density at radius 3 is 2.11 bits per heavy atom. The van der Waals surface area contributed by atoms with E-state index < -0.39 is 0 Å². The van der Waals surface area contributed by atoms with Crippen molar-refractivity contribution in [2.75, 3.05) is 39.6 Å². The zero-order chi connectivity index (χ0) is 14.5. The highest BCUT2D eigenvalue weighted by Gasteiger charge is 2.01. The number of hydrogen-bond acceptors (Lipinski definition) is 4. The Balaban J connectivity index is 3.16. The number of rotatable bonds is 12. The molecule has 0 bridgehead atoms. The summed E-state index contributed by atoms with van der Waals surface area (Å²) < 4.78 is 16.0. The fourth-order valence-corrected chi connectivity index (χ4v) is 1.24. The quantitative estimate of drug-likeness (QED) is 0.550. The molecular weight excluding hydrogens is 246 g/mol. The van der Waals surface area contributed by atoms with E-state index in [1.807, 2.05) is 13.8 Å². The highest BCUT2D eigenvalue weighted by molar-refractivity contribution is 5.75. The van der Waals surface area contributed by atoms with Crippen molar-refractivity contribution >= 4 is 5.91 Å². The summed E-state index contributed by atoms with van der Waals surface area (Å²) in [6, 6.07) is 0. The van der Waals surface area contributed by atoms with E-state index in [0.29, 0.717) is 45.4 Å². The molecule has 0 atom stereocenters. The van der Waals surface area contributed by atoms with Gasteiger partial charge in [-0.3, -0.25) is 4.79 Å². The third kappa shape index (κ3) is 15.3. The van der Waals surface area contributed by atoms with Crippen LogP contribution in [0.2, 0.25) is 0 Å². The lowest BCUT2D eigenvalue weighted by Gasteiger charge is -2.09. The molecule has 0 saturated heterocycles. The molecule has 0 aromatic heterocycles. The van der Waals surface area contributed by atoms with Crippen LogP contribution in [0.5, 0.6) is 0 Å². The molecule has 0 rings (SSSR count). The van der Waals surface area contributed by atoms with Crippen LogP contribution in [0.25, 0.3) is 0 Å². The maximum Gasteiger partial charge on any atom is 0.222 e. The summed E-state index contributed by atoms with van der Waals surface area (Å²) >= 11 is 0. The van der Waals surface area contributed by atoms with Crippen molar-refractivity contribution in [3.8, 4) is 0 Å². The molecule has 0 aliphatic heterocycles. The molecule has 0 unspecified atom stereocenters. The van der Waals surface area contributed by atoms with Crippen molar-refractivity contribution in [2.24, 2.45) is 5.92 Å². The van der Waals surface area contributed by atoms with Crippen LogP contribution < -0.4 is 5.32 Å². The fraction of sp³-hybridized carbons (Fsp3) is 0.929. The van der Waals surface area contributed by atoms with Gasteiger partial charge in [0.05, 0.1) is 39.1 Å². The van der Waals surface area contributed by atoms with Gasteiger partial charge in [-0.25, -0.2) is 0 Å². The molecule has 19 heavy (non-hydrogen) atoms. The summed E-state index contributed by atoms with van der Waals surface area (Å²) in [6.07, 6.45) is 0.646. The monoisotopic (exact) mass is 275 g/mol. The second-order valence-electron chi connectivity index (χ2n) is 5.09. The minimum atomic E-state index is 0.0416. The number of ether oxygens (including phenoxy) is 3. The van der Waals surface area contributed by atoms with Crippen molar-refractivity contribution in [1.82, 2.24) is 5.32 Å². The average molecular weight is 275 g/mol. The highest BCUT2D eigenvalue weighted by atomic mass is 16.5. The molecule has 5 nitrogen and oxygen atoms in total. The van der Waals surface area contributed by atoms with E-state index in [2.05, 4.69) is 19.2 Å². The highest BCUT2D eigenvalue weighted by Crippen LogP contribution is 1.90. The number of amides is 1. The Morgan fingerprint density at radius 2 is 1.53 bits per heavy atom. The van der Waals surface area contributed by atoms with E-state index in [1.54, 1.807) is 0 Å². The average Bonchev–Trinajstić information content (AvgIpc) is 2.34. The minimum absolute atomic E-state index is 0.0416. The lowest BCUT2D eigenvalue weighted by atomic mass is 10.2. The van der Waals surface area contributed by atoms with Crippen molar-refractivity contribution in [1.29, 1.82) is 0 Å². The molecule has 0 heterocycles. The molecular formula is C14H29NO4. The summed E-state index contributed by atoms with van der Waals surface area (Å²) in [5, 5.41) is 2.84. The molecule has 1 N–H and O–H groups in total. The number of carbonyl (C=O) groups excluding carboxylic acids is 1. The standard InChI is InChI=1S/C14H29NO4/c1-12(2)11-15-14(16)5-6-17-7-8-18-9-10-19-13(3)4/h12-13H,5-11H2,1-4H3,(H,15,16). The second-order valence-corrected chi connectivity index (χ2v) is 5.09. The van der Waals surface area contributed by atoms with Crippen LogP contribution in [0.1, 0.15) is 34.1 Å². The van der Waals surface area contributed by atoms with Crippen LogP contribution in [0.4, 0.5) is 0 Å². The Kier molecular flexibility index (Phi) is 12.0. The van der Waals surface area contributed by atoms with Crippen LogP contribution in [0.15, 0.2) is 0 Å². The van der Waals surface area contributed by atoms with Gasteiger partial charge in [-0.05, 0) is 19.8 Å². The summed E-state index contributed by atoms with van der Waals surface area (Å²) in [5.41, 5.74) is 0. The van der Waals surface area contributed by atoms with E-state index in [9.17, 15) is 4.79 Å². The Bertz CT molecular complexity index is 219. The first kappa shape index (κ1) is 18.4. The summed E-state index contributed by atoms with van der Waals surface area (Å²) in [6.45, 7) is 11.5. The molecule has 114 valence electrons. The van der Waals surface area contributed by atoms with Gasteiger partial charge in [0.25, 0.3) is 0 Å². The Labute approximate surface area is 117 Å². The van der Waals surface area contributed by atoms with Gasteiger partial charge >= 0.3 is 0 Å². The van der Waals surface area contributed by atoms with Gasteiger partial charge in [-0.1, -0.05) is 13.8 Å². The number of nitrogens with one attached hydrogen (secondary N) is 1. The lowest BCUT2D eigenvalue weighted by Crippen LogP contribution is -2.28. The molecule has 0 aromatic rings.